The molecule has 0 spiro atoms. The van der Waals surface area contributed by atoms with E-state index in [1.54, 1.807) is 12.1 Å². The molecule has 0 saturated carbocycles. The first-order valence-corrected chi connectivity index (χ1v) is 15.5. The van der Waals surface area contributed by atoms with Gasteiger partial charge in [0.25, 0.3) is 21.6 Å². The molecule has 0 unspecified atom stereocenters. The summed E-state index contributed by atoms with van der Waals surface area (Å²) in [5.74, 6) is 0.617. The highest BCUT2D eigenvalue weighted by Gasteiger charge is 2.29. The van der Waals surface area contributed by atoms with Crippen molar-refractivity contribution in [3.63, 3.8) is 0 Å². The molecule has 0 aliphatic carbocycles. The van der Waals surface area contributed by atoms with Crippen molar-refractivity contribution in [1.29, 1.82) is 0 Å². The van der Waals surface area contributed by atoms with Crippen LogP contribution in [-0.2, 0) is 21.4 Å². The van der Waals surface area contributed by atoms with E-state index in [1.165, 1.54) is 63.8 Å². The number of methoxy groups -OCH3 is 2. The number of nitrogens with one attached hydrogen (secondary N) is 1. The summed E-state index contributed by atoms with van der Waals surface area (Å²) in [5.41, 5.74) is 3.94. The molecule has 0 aliphatic heterocycles. The molecule has 0 atom stereocenters. The molecular formula is C31H29BrN4O8S. The van der Waals surface area contributed by atoms with Crippen LogP contribution in [0.25, 0.3) is 0 Å². The summed E-state index contributed by atoms with van der Waals surface area (Å²) in [6, 6.07) is 22.6. The summed E-state index contributed by atoms with van der Waals surface area (Å²) in [4.78, 5) is 23.5. The number of benzene rings is 4. The second-order valence-corrected chi connectivity index (χ2v) is 12.2. The summed E-state index contributed by atoms with van der Waals surface area (Å²) in [6.45, 7) is 1.15. The number of hydrogen-bond donors (Lipinski definition) is 1. The highest BCUT2D eigenvalue weighted by atomic mass is 79.9. The number of hydrazone groups is 1. The average molecular weight is 698 g/mol. The number of anilines is 1. The van der Waals surface area contributed by atoms with Crippen LogP contribution < -0.4 is 23.9 Å². The van der Waals surface area contributed by atoms with E-state index < -0.39 is 27.4 Å². The second-order valence-electron chi connectivity index (χ2n) is 9.52. The van der Waals surface area contributed by atoms with Gasteiger partial charge in [0, 0.05) is 11.6 Å². The molecule has 0 fully saturated rings. The van der Waals surface area contributed by atoms with Crippen LogP contribution in [0.5, 0.6) is 17.2 Å². The largest absolute Gasteiger partial charge is 0.497 e. The maximum Gasteiger partial charge on any atom is 0.273 e. The van der Waals surface area contributed by atoms with Crippen molar-refractivity contribution in [2.75, 3.05) is 25.1 Å². The van der Waals surface area contributed by atoms with Crippen LogP contribution in [0.3, 0.4) is 0 Å². The molecule has 45 heavy (non-hydrogen) atoms. The number of nitrogens with zero attached hydrogens (tertiary/aromatic N) is 3. The number of hydrogen-bond acceptors (Lipinski definition) is 9. The van der Waals surface area contributed by atoms with Crippen LogP contribution >= 0.6 is 15.9 Å². The van der Waals surface area contributed by atoms with Crippen molar-refractivity contribution in [2.24, 2.45) is 5.10 Å². The predicted octanol–water partition coefficient (Wildman–Crippen LogP) is 5.61. The number of nitro groups is 1. The van der Waals surface area contributed by atoms with Crippen molar-refractivity contribution >= 4 is 49.4 Å². The van der Waals surface area contributed by atoms with E-state index in [-0.39, 0.29) is 16.3 Å². The fourth-order valence-corrected chi connectivity index (χ4v) is 6.18. The van der Waals surface area contributed by atoms with Gasteiger partial charge < -0.3 is 14.2 Å². The molecule has 0 heterocycles. The second kappa shape index (κ2) is 14.7. The maximum absolute atomic E-state index is 13.7. The average Bonchev–Trinajstić information content (AvgIpc) is 3.03. The fourth-order valence-electron chi connectivity index (χ4n) is 4.17. The minimum atomic E-state index is -4.43. The number of ether oxygens (including phenoxy) is 3. The topological polar surface area (TPSA) is 150 Å². The lowest BCUT2D eigenvalue weighted by atomic mass is 10.2. The predicted molar refractivity (Wildman–Crippen MR) is 173 cm³/mol. The molecule has 0 aromatic heterocycles. The van der Waals surface area contributed by atoms with Gasteiger partial charge in [0.2, 0.25) is 0 Å². The summed E-state index contributed by atoms with van der Waals surface area (Å²) >= 11 is 3.49. The Morgan fingerprint density at radius 2 is 1.73 bits per heavy atom. The Morgan fingerprint density at radius 1 is 1.02 bits per heavy atom. The SMILES string of the molecule is COc1ccc(N(CC(=O)N/N=C\c2cc(Br)c(OCc3ccccc3)c(OC)c2)S(=O)(=O)c2ccc(C)c([N+](=O)[O-])c2)cc1. The van der Waals surface area contributed by atoms with E-state index in [0.29, 0.717) is 39.5 Å². The van der Waals surface area contributed by atoms with Crippen molar-refractivity contribution in [1.82, 2.24) is 5.43 Å². The molecule has 234 valence electrons. The van der Waals surface area contributed by atoms with E-state index in [1.807, 2.05) is 30.3 Å². The third-order valence-corrected chi connectivity index (χ3v) is 8.85. The summed E-state index contributed by atoms with van der Waals surface area (Å²) in [7, 11) is -1.47. The van der Waals surface area contributed by atoms with Gasteiger partial charge in [0.1, 0.15) is 18.9 Å². The van der Waals surface area contributed by atoms with Gasteiger partial charge in [0.05, 0.1) is 40.4 Å². The van der Waals surface area contributed by atoms with E-state index in [2.05, 4.69) is 26.5 Å². The number of nitro benzene ring substituents is 1. The standard InChI is InChI=1S/C31H29BrN4O8S/c1-21-9-14-26(17-28(21)36(38)39)45(40,41)35(24-10-12-25(42-2)13-11-24)19-30(37)34-33-18-23-15-27(32)31(29(16-23)43-3)44-20-22-7-5-4-6-8-22/h4-18H,19-20H2,1-3H3,(H,34,37)/b33-18-. The van der Waals surface area contributed by atoms with Gasteiger partial charge in [-0.3, -0.25) is 19.2 Å². The third kappa shape index (κ3) is 8.16. The first-order chi connectivity index (χ1) is 21.5. The van der Waals surface area contributed by atoms with E-state index in [9.17, 15) is 23.3 Å². The van der Waals surface area contributed by atoms with Gasteiger partial charge >= 0.3 is 0 Å². The first-order valence-electron chi connectivity index (χ1n) is 13.3. The quantitative estimate of drug-likeness (QED) is 0.108. The molecule has 4 aromatic rings. The molecule has 14 heteroatoms. The molecule has 1 N–H and O–H groups in total. The minimum Gasteiger partial charge on any atom is -0.497 e. The van der Waals surface area contributed by atoms with Crippen LogP contribution in [0.2, 0.25) is 0 Å². The highest BCUT2D eigenvalue weighted by Crippen LogP contribution is 2.37. The van der Waals surface area contributed by atoms with E-state index >= 15 is 0 Å². The van der Waals surface area contributed by atoms with Gasteiger partial charge in [-0.1, -0.05) is 36.4 Å². The van der Waals surface area contributed by atoms with Crippen molar-refractivity contribution < 1.29 is 32.3 Å². The highest BCUT2D eigenvalue weighted by molar-refractivity contribution is 9.10. The zero-order valence-electron chi connectivity index (χ0n) is 24.5. The number of aryl methyl sites for hydroxylation is 1. The lowest BCUT2D eigenvalue weighted by Crippen LogP contribution is -2.39. The zero-order chi connectivity index (χ0) is 32.6. The number of sulfonamides is 1. The molecule has 12 nitrogen and oxygen atoms in total. The van der Waals surface area contributed by atoms with Crippen molar-refractivity contribution in [2.45, 2.75) is 18.4 Å². The fraction of sp³-hybridized carbons (Fsp3) is 0.161. The monoisotopic (exact) mass is 696 g/mol. The van der Waals surface area contributed by atoms with Crippen molar-refractivity contribution in [3.05, 3.63) is 116 Å². The Balaban J connectivity index is 1.54. The smallest absolute Gasteiger partial charge is 0.273 e. The molecule has 0 radical (unpaired) electrons. The van der Waals surface area contributed by atoms with Gasteiger partial charge in [-0.25, -0.2) is 13.8 Å². The Morgan fingerprint density at radius 3 is 2.38 bits per heavy atom. The molecule has 0 saturated heterocycles. The molecule has 1 amide bonds. The Bertz CT molecular complexity index is 1820. The molecular weight excluding hydrogens is 668 g/mol. The number of rotatable bonds is 13. The zero-order valence-corrected chi connectivity index (χ0v) is 26.9. The molecule has 4 rings (SSSR count). The molecule has 0 aliphatic rings. The summed E-state index contributed by atoms with van der Waals surface area (Å²) in [5, 5.41) is 15.5. The Kier molecular flexibility index (Phi) is 10.8. The van der Waals surface area contributed by atoms with Gasteiger partial charge in [0.15, 0.2) is 11.5 Å². The molecule has 0 bridgehead atoms. The van der Waals surface area contributed by atoms with Gasteiger partial charge in [-0.2, -0.15) is 5.10 Å². The van der Waals surface area contributed by atoms with Crippen LogP contribution in [-0.4, -0.2) is 46.2 Å². The van der Waals surface area contributed by atoms with Crippen LogP contribution in [0, 0.1) is 17.0 Å². The van der Waals surface area contributed by atoms with Crippen LogP contribution in [0.1, 0.15) is 16.7 Å². The van der Waals surface area contributed by atoms with Gasteiger partial charge in [-0.15, -0.1) is 0 Å². The molecule has 4 aromatic carbocycles. The minimum absolute atomic E-state index is 0.137. The first kappa shape index (κ1) is 33.0. The number of halogens is 1. The van der Waals surface area contributed by atoms with Crippen molar-refractivity contribution in [3.8, 4) is 17.2 Å². The van der Waals surface area contributed by atoms with E-state index in [4.69, 9.17) is 14.2 Å². The normalized spacial score (nSPS) is 11.2. The number of carbonyl (C=O) groups is 1. The van der Waals surface area contributed by atoms with Gasteiger partial charge in [-0.05, 0) is 76.4 Å². The Labute approximate surface area is 268 Å². The third-order valence-electron chi connectivity index (χ3n) is 6.49. The maximum atomic E-state index is 13.7. The summed E-state index contributed by atoms with van der Waals surface area (Å²) in [6.07, 6.45) is 1.36. The lowest BCUT2D eigenvalue weighted by molar-refractivity contribution is -0.385. The summed E-state index contributed by atoms with van der Waals surface area (Å²) < 4.78 is 45.4. The lowest BCUT2D eigenvalue weighted by Gasteiger charge is -2.24. The van der Waals surface area contributed by atoms with Crippen LogP contribution in [0.4, 0.5) is 11.4 Å². The number of carbonyl (C=O) groups excluding carboxylic acids is 1. The van der Waals surface area contributed by atoms with E-state index in [0.717, 1.165) is 15.9 Å². The Hall–Kier alpha value is -4.95. The van der Waals surface area contributed by atoms with Crippen LogP contribution in [0.15, 0.2) is 99.4 Å². The number of amides is 1.